The lowest BCUT2D eigenvalue weighted by Gasteiger charge is -2.66. The third kappa shape index (κ3) is 3.62. The summed E-state index contributed by atoms with van der Waals surface area (Å²) in [5.41, 5.74) is 7.86. The minimum absolute atomic E-state index is 0.157. The van der Waals surface area contributed by atoms with Crippen LogP contribution in [-0.4, -0.2) is 47.0 Å². The third-order valence-electron chi connectivity index (χ3n) is 8.85. The van der Waals surface area contributed by atoms with Crippen LogP contribution in [0.2, 0.25) is 0 Å². The molecule has 164 valence electrons. The lowest BCUT2D eigenvalue weighted by Crippen LogP contribution is -2.69. The van der Waals surface area contributed by atoms with E-state index < -0.39 is 0 Å². The molecule has 6 rings (SSSR count). The Bertz CT molecular complexity index is 745. The minimum atomic E-state index is 0.157. The lowest BCUT2D eigenvalue weighted by molar-refractivity contribution is -0.0935. The average molecular weight is 446 g/mol. The first-order valence-electron chi connectivity index (χ1n) is 12.0. The Balaban J connectivity index is 1.39. The van der Waals surface area contributed by atoms with Crippen molar-refractivity contribution in [1.29, 1.82) is 0 Å². The Morgan fingerprint density at radius 3 is 2.33 bits per heavy atom. The van der Waals surface area contributed by atoms with E-state index in [9.17, 15) is 0 Å². The third-order valence-corrected chi connectivity index (χ3v) is 9.57. The van der Waals surface area contributed by atoms with Gasteiger partial charge in [-0.15, -0.1) is 11.6 Å². The summed E-state index contributed by atoms with van der Waals surface area (Å²) in [5, 5.41) is 3.88. The molecule has 1 aromatic rings. The zero-order valence-corrected chi connectivity index (χ0v) is 19.6. The second-order valence-electron chi connectivity index (χ2n) is 10.6. The summed E-state index contributed by atoms with van der Waals surface area (Å²) in [6, 6.07) is 13.0. The summed E-state index contributed by atoms with van der Waals surface area (Å²) >= 11 is 12.4. The number of hydrogen-bond acceptors (Lipinski definition) is 3. The molecule has 2 heterocycles. The zero-order chi connectivity index (χ0) is 20.8. The average Bonchev–Trinajstić information content (AvgIpc) is 2.77. The summed E-state index contributed by atoms with van der Waals surface area (Å²) < 4.78 is 0. The molecule has 0 spiro atoms. The summed E-state index contributed by atoms with van der Waals surface area (Å²) in [7, 11) is 0. The van der Waals surface area contributed by atoms with Gasteiger partial charge in [0, 0.05) is 36.0 Å². The van der Waals surface area contributed by atoms with Crippen molar-refractivity contribution in [2.75, 3.05) is 19.0 Å². The SMILES string of the molecule is NCC1CCC(NC(=S)C23CC4CC(c5ccccc5)(CC(C2)N4CCCl)C3)CC1. The molecule has 3 aliphatic carbocycles. The van der Waals surface area contributed by atoms with E-state index in [0.29, 0.717) is 24.0 Å². The van der Waals surface area contributed by atoms with Crippen molar-refractivity contribution < 1.29 is 0 Å². The summed E-state index contributed by atoms with van der Waals surface area (Å²) in [4.78, 5) is 3.89. The standard InChI is InChI=1S/C25H36ClN3S/c26-10-11-29-21-12-24(19-4-2-1-3-5-19)13-22(29)15-25(14-21,17-24)23(30)28-20-8-6-18(16-27)7-9-20/h1-5,18,20-22H,6-17,27H2,(H,28,30). The van der Waals surface area contributed by atoms with E-state index in [1.807, 2.05) is 0 Å². The highest BCUT2D eigenvalue weighted by atomic mass is 35.5. The predicted octanol–water partition coefficient (Wildman–Crippen LogP) is 4.61. The van der Waals surface area contributed by atoms with Gasteiger partial charge in [-0.25, -0.2) is 0 Å². The molecule has 5 heteroatoms. The van der Waals surface area contributed by atoms with Crippen LogP contribution < -0.4 is 11.1 Å². The molecule has 4 bridgehead atoms. The first kappa shape index (κ1) is 21.2. The number of alkyl halides is 1. The van der Waals surface area contributed by atoms with Crippen LogP contribution in [0, 0.1) is 11.3 Å². The van der Waals surface area contributed by atoms with Crippen molar-refractivity contribution in [3.63, 3.8) is 0 Å². The van der Waals surface area contributed by atoms with Gasteiger partial charge in [0.05, 0.1) is 4.99 Å². The van der Waals surface area contributed by atoms with E-state index in [1.165, 1.54) is 68.3 Å². The van der Waals surface area contributed by atoms with Crippen LogP contribution in [0.3, 0.4) is 0 Å². The first-order valence-corrected chi connectivity index (χ1v) is 12.9. The van der Waals surface area contributed by atoms with Gasteiger partial charge in [0.15, 0.2) is 0 Å². The number of nitrogens with one attached hydrogen (secondary N) is 1. The Labute approximate surface area is 192 Å². The Morgan fingerprint density at radius 1 is 1.07 bits per heavy atom. The predicted molar refractivity (Wildman–Crippen MR) is 129 cm³/mol. The number of thiocarbonyl (C=S) groups is 1. The molecule has 0 radical (unpaired) electrons. The molecule has 3 saturated carbocycles. The molecule has 5 fully saturated rings. The maximum Gasteiger partial charge on any atom is 0.0819 e. The van der Waals surface area contributed by atoms with Crippen molar-refractivity contribution in [3.8, 4) is 0 Å². The van der Waals surface area contributed by atoms with E-state index >= 15 is 0 Å². The van der Waals surface area contributed by atoms with E-state index in [0.717, 1.165) is 19.0 Å². The smallest absolute Gasteiger partial charge is 0.0819 e. The van der Waals surface area contributed by atoms with Crippen LogP contribution in [0.25, 0.3) is 0 Å². The molecule has 3 nitrogen and oxygen atoms in total. The van der Waals surface area contributed by atoms with E-state index in [4.69, 9.17) is 29.6 Å². The van der Waals surface area contributed by atoms with Gasteiger partial charge in [-0.05, 0) is 81.2 Å². The summed E-state index contributed by atoms with van der Waals surface area (Å²) in [6.45, 7) is 1.85. The molecule has 2 unspecified atom stereocenters. The van der Waals surface area contributed by atoms with Crippen molar-refractivity contribution in [2.45, 2.75) is 81.3 Å². The minimum Gasteiger partial charge on any atom is -0.376 e. The van der Waals surface area contributed by atoms with Crippen LogP contribution in [0.15, 0.2) is 30.3 Å². The highest BCUT2D eigenvalue weighted by Gasteiger charge is 2.62. The summed E-state index contributed by atoms with van der Waals surface area (Å²) in [5.74, 6) is 1.44. The van der Waals surface area contributed by atoms with Crippen molar-refractivity contribution in [3.05, 3.63) is 35.9 Å². The van der Waals surface area contributed by atoms with Gasteiger partial charge in [0.2, 0.25) is 0 Å². The van der Waals surface area contributed by atoms with Crippen molar-refractivity contribution >= 4 is 28.8 Å². The van der Waals surface area contributed by atoms with Crippen LogP contribution in [-0.2, 0) is 5.41 Å². The number of rotatable bonds is 6. The maximum absolute atomic E-state index is 6.21. The van der Waals surface area contributed by atoms with Gasteiger partial charge in [-0.3, -0.25) is 4.90 Å². The van der Waals surface area contributed by atoms with Gasteiger partial charge in [-0.2, -0.15) is 0 Å². The molecular formula is C25H36ClN3S. The van der Waals surface area contributed by atoms with Crippen LogP contribution in [0.4, 0.5) is 0 Å². The maximum atomic E-state index is 6.21. The quantitative estimate of drug-likeness (QED) is 0.495. The number of nitrogens with two attached hydrogens (primary N) is 1. The molecule has 1 aromatic carbocycles. The van der Waals surface area contributed by atoms with Gasteiger partial charge < -0.3 is 11.1 Å². The molecule has 30 heavy (non-hydrogen) atoms. The Hall–Kier alpha value is -0.680. The molecule has 0 aromatic heterocycles. The fraction of sp³-hybridized carbons (Fsp3) is 0.720. The molecule has 2 saturated heterocycles. The van der Waals surface area contributed by atoms with Gasteiger partial charge in [-0.1, -0.05) is 42.5 Å². The van der Waals surface area contributed by atoms with Crippen LogP contribution in [0.1, 0.15) is 63.4 Å². The number of nitrogens with zero attached hydrogens (tertiary/aromatic N) is 1. The van der Waals surface area contributed by atoms with E-state index in [1.54, 1.807) is 0 Å². The number of halogens is 1. The number of hydrogen-bond donors (Lipinski definition) is 2. The molecule has 5 aliphatic rings. The van der Waals surface area contributed by atoms with Gasteiger partial charge in [0.25, 0.3) is 0 Å². The number of benzene rings is 1. The lowest BCUT2D eigenvalue weighted by atomic mass is 9.47. The van der Waals surface area contributed by atoms with Gasteiger partial charge >= 0.3 is 0 Å². The Morgan fingerprint density at radius 2 is 1.73 bits per heavy atom. The fourth-order valence-corrected chi connectivity index (χ4v) is 8.16. The largest absolute Gasteiger partial charge is 0.376 e. The molecule has 2 atom stereocenters. The topological polar surface area (TPSA) is 41.3 Å². The van der Waals surface area contributed by atoms with E-state index in [2.05, 4.69) is 40.5 Å². The second kappa shape index (κ2) is 8.35. The highest BCUT2D eigenvalue weighted by Crippen LogP contribution is 2.62. The van der Waals surface area contributed by atoms with Crippen LogP contribution in [0.5, 0.6) is 0 Å². The zero-order valence-electron chi connectivity index (χ0n) is 18.0. The fourth-order valence-electron chi connectivity index (χ4n) is 7.56. The molecular weight excluding hydrogens is 410 g/mol. The molecule has 2 aliphatic heterocycles. The number of piperidine rings is 2. The normalized spacial score (nSPS) is 40.5. The highest BCUT2D eigenvalue weighted by molar-refractivity contribution is 7.80. The Kier molecular flexibility index (Phi) is 5.89. The van der Waals surface area contributed by atoms with Crippen molar-refractivity contribution in [2.24, 2.45) is 17.1 Å². The van der Waals surface area contributed by atoms with E-state index in [-0.39, 0.29) is 10.8 Å². The first-order chi connectivity index (χ1) is 14.6. The van der Waals surface area contributed by atoms with Crippen LogP contribution >= 0.6 is 23.8 Å². The van der Waals surface area contributed by atoms with Gasteiger partial charge in [0.1, 0.15) is 0 Å². The molecule has 0 amide bonds. The monoisotopic (exact) mass is 445 g/mol. The molecule has 3 N–H and O–H groups in total. The van der Waals surface area contributed by atoms with Crippen molar-refractivity contribution in [1.82, 2.24) is 10.2 Å². The second-order valence-corrected chi connectivity index (χ2v) is 11.4. The summed E-state index contributed by atoms with van der Waals surface area (Å²) in [6.07, 6.45) is 11.1.